The van der Waals surface area contributed by atoms with Crippen LogP contribution in [0, 0.1) is 40.4 Å². The van der Waals surface area contributed by atoms with Gasteiger partial charge < -0.3 is 49.2 Å². The molecule has 0 unspecified atom stereocenters. The van der Waals surface area contributed by atoms with Crippen molar-refractivity contribution in [2.24, 2.45) is 40.4 Å². The monoisotopic (exact) mass is 556 g/mol. The quantitative estimate of drug-likeness (QED) is 0.309. The van der Waals surface area contributed by atoms with Crippen LogP contribution in [0.4, 0.5) is 0 Å². The van der Waals surface area contributed by atoms with E-state index in [-0.39, 0.29) is 29.5 Å². The van der Waals surface area contributed by atoms with E-state index in [2.05, 4.69) is 6.92 Å². The van der Waals surface area contributed by atoms with Crippen molar-refractivity contribution in [1.82, 2.24) is 0 Å². The summed E-state index contributed by atoms with van der Waals surface area (Å²) in [6, 6.07) is 0. The number of ketones is 1. The molecule has 0 aromatic carbocycles. The molecule has 5 N–H and O–H groups in total. The van der Waals surface area contributed by atoms with E-state index in [1.54, 1.807) is 7.11 Å². The summed E-state index contributed by atoms with van der Waals surface area (Å²) in [7, 11) is 3.07. The SMILES string of the molecule is COC1=C[C@@H](C)[C@H]2C[C@H]3O[C@@H](O[C@H]4O[C@H](CO)[C@@H](O)[C@H](O)[C@H]4O)C[C@H]4[C@@H](C)[C@H](OC)[C@@H](O)[C@H]([C@@]2(C)C1=O)[C@@]34C. The minimum Gasteiger partial charge on any atom is -0.493 e. The molecular weight excluding hydrogens is 512 g/mol. The average molecular weight is 557 g/mol. The Morgan fingerprint density at radius 2 is 1.67 bits per heavy atom. The predicted octanol–water partition coefficient (Wildman–Crippen LogP) is -0.0425. The Kier molecular flexibility index (Phi) is 7.74. The maximum Gasteiger partial charge on any atom is 0.203 e. The molecule has 2 heterocycles. The lowest BCUT2D eigenvalue weighted by Gasteiger charge is -2.69. The Morgan fingerprint density at radius 1 is 0.974 bits per heavy atom. The highest BCUT2D eigenvalue weighted by Gasteiger charge is 2.72. The molecule has 2 saturated heterocycles. The van der Waals surface area contributed by atoms with E-state index < -0.39 is 78.7 Å². The summed E-state index contributed by atoms with van der Waals surface area (Å²) in [5.41, 5.74) is -1.52. The number of hydrogen-bond acceptors (Lipinski definition) is 11. The number of carbonyl (C=O) groups is 1. The van der Waals surface area contributed by atoms with Crippen molar-refractivity contribution in [2.75, 3.05) is 20.8 Å². The lowest BCUT2D eigenvalue weighted by Crippen LogP contribution is -2.74. The number of rotatable bonds is 5. The largest absolute Gasteiger partial charge is 0.493 e. The summed E-state index contributed by atoms with van der Waals surface area (Å²) in [6.45, 7) is 7.55. The maximum atomic E-state index is 14.0. The van der Waals surface area contributed by atoms with E-state index in [4.69, 9.17) is 23.7 Å². The summed E-state index contributed by atoms with van der Waals surface area (Å²) in [6.07, 6.45) is -6.94. The molecule has 5 rings (SSSR count). The fraction of sp³-hybridized carbons (Fsp3) is 0.893. The van der Waals surface area contributed by atoms with Crippen LogP contribution in [0.1, 0.15) is 40.5 Å². The van der Waals surface area contributed by atoms with Crippen molar-refractivity contribution in [1.29, 1.82) is 0 Å². The van der Waals surface area contributed by atoms with Crippen molar-refractivity contribution in [3.8, 4) is 0 Å². The first-order chi connectivity index (χ1) is 18.4. The number of Topliss-reactive ketones (excluding diaryl/α,β-unsaturated/α-hetero) is 1. The molecule has 16 atom stereocenters. The molecule has 11 heteroatoms. The van der Waals surface area contributed by atoms with Crippen LogP contribution in [0.25, 0.3) is 0 Å². The van der Waals surface area contributed by atoms with Crippen LogP contribution >= 0.6 is 0 Å². The van der Waals surface area contributed by atoms with E-state index in [0.717, 1.165) is 0 Å². The molecule has 0 spiro atoms. The Morgan fingerprint density at radius 3 is 2.28 bits per heavy atom. The number of fused-ring (bicyclic) bond motifs is 2. The van der Waals surface area contributed by atoms with Crippen LogP contribution in [0.5, 0.6) is 0 Å². The molecule has 11 nitrogen and oxygen atoms in total. The van der Waals surface area contributed by atoms with E-state index in [1.807, 2.05) is 26.8 Å². The number of methoxy groups -OCH3 is 2. The van der Waals surface area contributed by atoms with Gasteiger partial charge in [0, 0.05) is 30.3 Å². The molecule has 0 aromatic rings. The van der Waals surface area contributed by atoms with Crippen molar-refractivity contribution in [3.05, 3.63) is 11.8 Å². The van der Waals surface area contributed by atoms with Crippen LogP contribution in [0.15, 0.2) is 11.8 Å². The van der Waals surface area contributed by atoms with Gasteiger partial charge in [0.2, 0.25) is 5.78 Å². The van der Waals surface area contributed by atoms with Gasteiger partial charge in [0.1, 0.15) is 24.4 Å². The summed E-state index contributed by atoms with van der Waals surface area (Å²) in [4.78, 5) is 14.0. The van der Waals surface area contributed by atoms with Gasteiger partial charge in [0.25, 0.3) is 0 Å². The first-order valence-electron chi connectivity index (χ1n) is 14.0. The van der Waals surface area contributed by atoms with E-state index in [9.17, 15) is 30.3 Å². The summed E-state index contributed by atoms with van der Waals surface area (Å²) in [5, 5.41) is 52.4. The van der Waals surface area contributed by atoms with Crippen LogP contribution < -0.4 is 0 Å². The predicted molar refractivity (Wildman–Crippen MR) is 135 cm³/mol. The minimum absolute atomic E-state index is 0.0199. The van der Waals surface area contributed by atoms with Crippen LogP contribution in [0.3, 0.4) is 0 Å². The highest BCUT2D eigenvalue weighted by atomic mass is 16.8. The smallest absolute Gasteiger partial charge is 0.203 e. The summed E-state index contributed by atoms with van der Waals surface area (Å²) >= 11 is 0. The zero-order chi connectivity index (χ0) is 28.6. The van der Waals surface area contributed by atoms with Crippen molar-refractivity contribution < 1.29 is 54.0 Å². The number of hydrogen-bond donors (Lipinski definition) is 5. The zero-order valence-electron chi connectivity index (χ0n) is 23.5. The van der Waals surface area contributed by atoms with Gasteiger partial charge in [-0.2, -0.15) is 0 Å². The molecule has 0 amide bonds. The number of carbonyl (C=O) groups excluding carboxylic acids is 1. The minimum atomic E-state index is -1.56. The fourth-order valence-electron chi connectivity index (χ4n) is 9.11. The van der Waals surface area contributed by atoms with Gasteiger partial charge >= 0.3 is 0 Å². The van der Waals surface area contributed by atoms with E-state index in [0.29, 0.717) is 18.6 Å². The number of aliphatic hydroxyl groups excluding tert-OH is 5. The fourth-order valence-corrected chi connectivity index (χ4v) is 9.11. The summed E-state index contributed by atoms with van der Waals surface area (Å²) in [5.74, 6) is -0.649. The van der Waals surface area contributed by atoms with Gasteiger partial charge in [-0.15, -0.1) is 0 Å². The van der Waals surface area contributed by atoms with Gasteiger partial charge in [0.05, 0.1) is 32.0 Å². The van der Waals surface area contributed by atoms with E-state index in [1.165, 1.54) is 7.11 Å². The Labute approximate surface area is 229 Å². The molecule has 4 fully saturated rings. The molecule has 2 saturated carbocycles. The first kappa shape index (κ1) is 29.3. The van der Waals surface area contributed by atoms with E-state index >= 15 is 0 Å². The number of allylic oxidation sites excluding steroid dienone is 2. The Balaban J connectivity index is 1.52. The third-order valence-electron chi connectivity index (χ3n) is 11.0. The lowest BCUT2D eigenvalue weighted by molar-refractivity contribution is -0.380. The second kappa shape index (κ2) is 10.3. The third kappa shape index (κ3) is 4.07. The van der Waals surface area contributed by atoms with Crippen molar-refractivity contribution in [2.45, 2.75) is 95.8 Å². The van der Waals surface area contributed by atoms with Gasteiger partial charge in [0.15, 0.2) is 18.3 Å². The zero-order valence-corrected chi connectivity index (χ0v) is 23.5. The second-order valence-corrected chi connectivity index (χ2v) is 12.7. The number of aliphatic hydroxyl groups is 5. The lowest BCUT2D eigenvalue weighted by atomic mass is 9.38. The van der Waals surface area contributed by atoms with Gasteiger partial charge in [-0.05, 0) is 36.2 Å². The first-order valence-corrected chi connectivity index (χ1v) is 14.0. The second-order valence-electron chi connectivity index (χ2n) is 12.7. The molecule has 0 radical (unpaired) electrons. The molecule has 2 aliphatic heterocycles. The highest BCUT2D eigenvalue weighted by Crippen LogP contribution is 2.68. The molecular formula is C28H44O11. The van der Waals surface area contributed by atoms with Crippen LogP contribution in [-0.2, 0) is 28.5 Å². The molecule has 0 aromatic heterocycles. The molecule has 5 aliphatic rings. The van der Waals surface area contributed by atoms with Crippen LogP contribution in [0.2, 0.25) is 0 Å². The standard InChI is InChI=1S/C28H44O11/c1-11-7-15(35-5)25(34)28(4)13(11)8-17-27(3)14(12(2)23(36-6)22(33)24(27)28)9-18(38-17)39-26-21(32)20(31)19(30)16(10-29)37-26/h7,11-14,16-24,26,29-33H,8-10H2,1-6H3/t11-,12-,13-,14+,16-,17-,18+,19-,20+,21-,22-,23+,24+,26-,27-,28+/m1/s1. The van der Waals surface area contributed by atoms with Crippen molar-refractivity contribution >= 4 is 5.78 Å². The van der Waals surface area contributed by atoms with Crippen LogP contribution in [-0.4, -0.2) is 107 Å². The Hall–Kier alpha value is -1.15. The maximum absolute atomic E-state index is 14.0. The third-order valence-corrected chi connectivity index (χ3v) is 11.0. The van der Waals surface area contributed by atoms with Gasteiger partial charge in [-0.3, -0.25) is 4.79 Å². The molecule has 39 heavy (non-hydrogen) atoms. The Bertz CT molecular complexity index is 971. The molecule has 0 bridgehead atoms. The average Bonchev–Trinajstić information content (AvgIpc) is 2.90. The molecule has 222 valence electrons. The van der Waals surface area contributed by atoms with Gasteiger partial charge in [-0.1, -0.05) is 27.7 Å². The van der Waals surface area contributed by atoms with Crippen molar-refractivity contribution in [3.63, 3.8) is 0 Å². The topological polar surface area (TPSA) is 164 Å². The molecule has 3 aliphatic carbocycles. The summed E-state index contributed by atoms with van der Waals surface area (Å²) < 4.78 is 29.6. The highest BCUT2D eigenvalue weighted by molar-refractivity contribution is 5.99. The van der Waals surface area contributed by atoms with Gasteiger partial charge in [-0.25, -0.2) is 0 Å². The normalized spacial score (nSPS) is 55.4. The number of ether oxygens (including phenoxy) is 5.